The average Bonchev–Trinajstić information content (AvgIpc) is 3.43. The molecule has 0 radical (unpaired) electrons. The van der Waals surface area contributed by atoms with Crippen LogP contribution in [0.3, 0.4) is 0 Å². The second-order valence-electron chi connectivity index (χ2n) is 6.63. The van der Waals surface area contributed by atoms with Crippen molar-refractivity contribution in [1.29, 1.82) is 0 Å². The molecule has 1 fully saturated rings. The first-order valence-electron chi connectivity index (χ1n) is 9.01. The average molecular weight is 348 g/mol. The fourth-order valence-corrected chi connectivity index (χ4v) is 3.73. The van der Waals surface area contributed by atoms with Crippen molar-refractivity contribution >= 4 is 0 Å². The summed E-state index contributed by atoms with van der Waals surface area (Å²) in [5.41, 5.74) is 4.10. The SMILES string of the molecule is c1ccc(-c2ncn(C[C@H]3CCCO3)c2-c2cccc3c2OCO3)cc1. The molecular weight excluding hydrogens is 328 g/mol. The van der Waals surface area contributed by atoms with Crippen LogP contribution >= 0.6 is 0 Å². The van der Waals surface area contributed by atoms with Crippen LogP contribution in [-0.2, 0) is 11.3 Å². The third-order valence-corrected chi connectivity index (χ3v) is 4.96. The molecule has 5 nitrogen and oxygen atoms in total. The Labute approximate surface area is 152 Å². The Balaban J connectivity index is 1.66. The van der Waals surface area contributed by atoms with Gasteiger partial charge in [0.05, 0.1) is 30.4 Å². The molecule has 0 spiro atoms. The van der Waals surface area contributed by atoms with Crippen LogP contribution < -0.4 is 9.47 Å². The lowest BCUT2D eigenvalue weighted by atomic mass is 10.0. The smallest absolute Gasteiger partial charge is 0.231 e. The van der Waals surface area contributed by atoms with E-state index in [1.54, 1.807) is 0 Å². The van der Waals surface area contributed by atoms with E-state index in [1.165, 1.54) is 0 Å². The van der Waals surface area contributed by atoms with Gasteiger partial charge in [-0.25, -0.2) is 4.98 Å². The molecule has 0 saturated carbocycles. The molecule has 2 aromatic carbocycles. The maximum absolute atomic E-state index is 5.85. The quantitative estimate of drug-likeness (QED) is 0.711. The van der Waals surface area contributed by atoms with Gasteiger partial charge in [0.15, 0.2) is 11.5 Å². The molecule has 26 heavy (non-hydrogen) atoms. The van der Waals surface area contributed by atoms with Crippen molar-refractivity contribution in [3.63, 3.8) is 0 Å². The molecule has 1 aromatic heterocycles. The lowest BCUT2D eigenvalue weighted by molar-refractivity contribution is 0.0973. The van der Waals surface area contributed by atoms with Crippen LogP contribution in [0.4, 0.5) is 0 Å². The first-order chi connectivity index (χ1) is 12.9. The lowest BCUT2D eigenvalue weighted by Gasteiger charge is -2.15. The Bertz CT molecular complexity index is 914. The van der Waals surface area contributed by atoms with Gasteiger partial charge >= 0.3 is 0 Å². The van der Waals surface area contributed by atoms with Crippen LogP contribution in [0.25, 0.3) is 22.5 Å². The van der Waals surface area contributed by atoms with Crippen molar-refractivity contribution in [1.82, 2.24) is 9.55 Å². The van der Waals surface area contributed by atoms with Gasteiger partial charge in [0.1, 0.15) is 0 Å². The summed E-state index contributed by atoms with van der Waals surface area (Å²) >= 11 is 0. The maximum Gasteiger partial charge on any atom is 0.231 e. The van der Waals surface area contributed by atoms with E-state index in [1.807, 2.05) is 36.7 Å². The topological polar surface area (TPSA) is 45.5 Å². The molecule has 0 amide bonds. The summed E-state index contributed by atoms with van der Waals surface area (Å²) in [7, 11) is 0. The van der Waals surface area contributed by atoms with Crippen molar-refractivity contribution in [3.8, 4) is 34.0 Å². The molecule has 3 heterocycles. The Morgan fingerprint density at radius 3 is 2.81 bits per heavy atom. The highest BCUT2D eigenvalue weighted by Gasteiger charge is 2.26. The van der Waals surface area contributed by atoms with Gasteiger partial charge in [-0.2, -0.15) is 0 Å². The monoisotopic (exact) mass is 348 g/mol. The van der Waals surface area contributed by atoms with Crippen LogP contribution in [0, 0.1) is 0 Å². The zero-order chi connectivity index (χ0) is 17.3. The predicted molar refractivity (Wildman–Crippen MR) is 98.2 cm³/mol. The summed E-state index contributed by atoms with van der Waals surface area (Å²) in [4.78, 5) is 4.74. The normalized spacial score (nSPS) is 18.4. The molecule has 5 rings (SSSR count). The summed E-state index contributed by atoms with van der Waals surface area (Å²) in [6.07, 6.45) is 4.36. The summed E-state index contributed by atoms with van der Waals surface area (Å²) in [6.45, 7) is 1.89. The van der Waals surface area contributed by atoms with Crippen LogP contribution in [0.5, 0.6) is 11.5 Å². The molecule has 5 heteroatoms. The highest BCUT2D eigenvalue weighted by atomic mass is 16.7. The van der Waals surface area contributed by atoms with Gasteiger partial charge in [0, 0.05) is 17.7 Å². The number of hydrogen-bond donors (Lipinski definition) is 0. The van der Waals surface area contributed by atoms with Crippen LogP contribution in [0.15, 0.2) is 54.9 Å². The molecule has 132 valence electrons. The Kier molecular flexibility index (Phi) is 3.87. The maximum atomic E-state index is 5.85. The lowest BCUT2D eigenvalue weighted by Crippen LogP contribution is -2.15. The molecular formula is C21H20N2O3. The van der Waals surface area contributed by atoms with Crippen molar-refractivity contribution in [3.05, 3.63) is 54.9 Å². The molecule has 0 unspecified atom stereocenters. The summed E-state index contributed by atoms with van der Waals surface area (Å²) in [5.74, 6) is 1.57. The second kappa shape index (κ2) is 6.50. The van der Waals surface area contributed by atoms with E-state index in [-0.39, 0.29) is 12.9 Å². The van der Waals surface area contributed by atoms with E-state index in [0.717, 1.165) is 60.0 Å². The first-order valence-corrected chi connectivity index (χ1v) is 9.01. The zero-order valence-corrected chi connectivity index (χ0v) is 14.4. The second-order valence-corrected chi connectivity index (χ2v) is 6.63. The van der Waals surface area contributed by atoms with Crippen molar-refractivity contribution in [2.24, 2.45) is 0 Å². The van der Waals surface area contributed by atoms with Crippen molar-refractivity contribution < 1.29 is 14.2 Å². The minimum absolute atomic E-state index is 0.237. The molecule has 0 N–H and O–H groups in total. The van der Waals surface area contributed by atoms with Gasteiger partial charge in [-0.1, -0.05) is 36.4 Å². The van der Waals surface area contributed by atoms with E-state index < -0.39 is 0 Å². The molecule has 0 aliphatic carbocycles. The highest BCUT2D eigenvalue weighted by molar-refractivity contribution is 5.83. The largest absolute Gasteiger partial charge is 0.454 e. The van der Waals surface area contributed by atoms with E-state index in [2.05, 4.69) is 22.8 Å². The first kappa shape index (κ1) is 15.5. The fourth-order valence-electron chi connectivity index (χ4n) is 3.73. The van der Waals surface area contributed by atoms with Crippen LogP contribution in [0.1, 0.15) is 12.8 Å². The third-order valence-electron chi connectivity index (χ3n) is 4.96. The minimum atomic E-state index is 0.237. The van der Waals surface area contributed by atoms with Crippen molar-refractivity contribution in [2.75, 3.05) is 13.4 Å². The Hall–Kier alpha value is -2.79. The minimum Gasteiger partial charge on any atom is -0.454 e. The van der Waals surface area contributed by atoms with Crippen LogP contribution in [0.2, 0.25) is 0 Å². The number of imidazole rings is 1. The summed E-state index contributed by atoms with van der Waals surface area (Å²) in [5, 5.41) is 0. The van der Waals surface area contributed by atoms with Gasteiger partial charge in [0.2, 0.25) is 6.79 Å². The molecule has 2 aliphatic heterocycles. The van der Waals surface area contributed by atoms with Gasteiger partial charge < -0.3 is 18.8 Å². The number of ether oxygens (including phenoxy) is 3. The number of rotatable bonds is 4. The molecule has 3 aromatic rings. The van der Waals surface area contributed by atoms with Gasteiger partial charge in [0.25, 0.3) is 0 Å². The van der Waals surface area contributed by atoms with E-state index in [9.17, 15) is 0 Å². The molecule has 0 bridgehead atoms. The van der Waals surface area contributed by atoms with E-state index in [4.69, 9.17) is 19.2 Å². The van der Waals surface area contributed by atoms with E-state index in [0.29, 0.717) is 0 Å². The highest BCUT2D eigenvalue weighted by Crippen LogP contribution is 2.44. The summed E-state index contributed by atoms with van der Waals surface area (Å²) < 4.78 is 19.4. The van der Waals surface area contributed by atoms with Gasteiger partial charge in [-0.3, -0.25) is 0 Å². The number of benzene rings is 2. The Morgan fingerprint density at radius 1 is 1.04 bits per heavy atom. The van der Waals surface area contributed by atoms with E-state index >= 15 is 0 Å². The summed E-state index contributed by atoms with van der Waals surface area (Å²) in [6, 6.07) is 16.3. The van der Waals surface area contributed by atoms with Crippen LogP contribution in [-0.4, -0.2) is 29.1 Å². The standard InChI is InChI=1S/C21H20N2O3/c1-2-6-15(7-3-1)19-20(17-9-4-10-18-21(17)26-14-25-18)23(13-22-19)12-16-8-5-11-24-16/h1-4,6-7,9-10,13,16H,5,8,11-12,14H2/t16-/m1/s1. The Morgan fingerprint density at radius 2 is 1.96 bits per heavy atom. The molecule has 1 atom stereocenters. The number of aromatic nitrogens is 2. The third kappa shape index (κ3) is 2.65. The van der Waals surface area contributed by atoms with Gasteiger partial charge in [-0.15, -0.1) is 0 Å². The zero-order valence-electron chi connectivity index (χ0n) is 14.4. The van der Waals surface area contributed by atoms with Crippen molar-refractivity contribution in [2.45, 2.75) is 25.5 Å². The molecule has 1 saturated heterocycles. The number of hydrogen-bond acceptors (Lipinski definition) is 4. The molecule has 2 aliphatic rings. The number of para-hydroxylation sites is 1. The number of fused-ring (bicyclic) bond motifs is 1. The van der Waals surface area contributed by atoms with Gasteiger partial charge in [-0.05, 0) is 25.0 Å². The fraction of sp³-hybridized carbons (Fsp3) is 0.286. The number of nitrogens with zero attached hydrogens (tertiary/aromatic N) is 2. The predicted octanol–water partition coefficient (Wildman–Crippen LogP) is 4.12.